The normalized spacial score (nSPS) is 24.3. The van der Waals surface area contributed by atoms with E-state index in [1.54, 1.807) is 0 Å². The van der Waals surface area contributed by atoms with Crippen LogP contribution >= 0.6 is 0 Å². The molecule has 4 rings (SSSR count). The monoisotopic (exact) mass is 342 g/mol. The minimum absolute atomic E-state index is 0.0843. The van der Waals surface area contributed by atoms with Gasteiger partial charge in [-0.05, 0) is 60.8 Å². The smallest absolute Gasteiger partial charge is 0.276 e. The predicted molar refractivity (Wildman–Crippen MR) is 88.2 cm³/mol. The van der Waals surface area contributed by atoms with E-state index < -0.39 is 11.7 Å². The summed E-state index contributed by atoms with van der Waals surface area (Å²) >= 11 is 0. The second kappa shape index (κ2) is 6.44. The van der Waals surface area contributed by atoms with Crippen LogP contribution in [0.5, 0.6) is 11.6 Å². The topological polar surface area (TPSA) is 71.5 Å². The molecule has 0 saturated heterocycles. The summed E-state index contributed by atoms with van der Waals surface area (Å²) in [7, 11) is 0. The molecule has 2 saturated carbocycles. The lowest BCUT2D eigenvalue weighted by molar-refractivity contribution is 0.0705. The zero-order chi connectivity index (χ0) is 17.4. The molecule has 1 aromatic heterocycles. The summed E-state index contributed by atoms with van der Waals surface area (Å²) in [5.41, 5.74) is 2.67. The summed E-state index contributed by atoms with van der Waals surface area (Å²) in [6.07, 6.45) is 6.48. The van der Waals surface area contributed by atoms with Crippen LogP contribution in [0.4, 0.5) is 4.39 Å². The van der Waals surface area contributed by atoms with Crippen LogP contribution in [0.1, 0.15) is 47.5 Å². The first-order valence-electron chi connectivity index (χ1n) is 8.52. The van der Waals surface area contributed by atoms with Gasteiger partial charge in [0.2, 0.25) is 0 Å². The number of hydrogen-bond acceptors (Lipinski definition) is 4. The molecule has 25 heavy (non-hydrogen) atoms. The molecule has 0 aliphatic heterocycles. The molecule has 1 unspecified atom stereocenters. The van der Waals surface area contributed by atoms with Gasteiger partial charge in [0, 0.05) is 6.20 Å². The van der Waals surface area contributed by atoms with Crippen LogP contribution in [0, 0.1) is 17.7 Å². The van der Waals surface area contributed by atoms with E-state index in [2.05, 4.69) is 4.98 Å². The Kier molecular flexibility index (Phi) is 4.13. The number of amides is 1. The van der Waals surface area contributed by atoms with Crippen molar-refractivity contribution in [1.82, 2.24) is 10.5 Å². The Bertz CT molecular complexity index is 794. The van der Waals surface area contributed by atoms with Crippen molar-refractivity contribution in [3.63, 3.8) is 0 Å². The number of hydrogen-bond donors (Lipinski definition) is 2. The summed E-state index contributed by atoms with van der Waals surface area (Å²) in [6.45, 7) is 0. The Balaban J connectivity index is 1.47. The van der Waals surface area contributed by atoms with Crippen LogP contribution in [0.25, 0.3) is 0 Å². The van der Waals surface area contributed by atoms with E-state index in [0.717, 1.165) is 24.1 Å². The van der Waals surface area contributed by atoms with Gasteiger partial charge in [0.25, 0.3) is 11.8 Å². The Hall–Kier alpha value is -2.47. The SMILES string of the molecule is O=C(NO)c1cnc(Oc2ccc(C3C[C@@H]4CC[C@H]3C4)cc2)c(F)c1. The number of carbonyl (C=O) groups excluding carboxylic acids is 1. The largest absolute Gasteiger partial charge is 0.436 e. The molecule has 1 heterocycles. The molecule has 6 heteroatoms. The lowest BCUT2D eigenvalue weighted by atomic mass is 9.83. The van der Waals surface area contributed by atoms with E-state index in [4.69, 9.17) is 9.94 Å². The molecule has 0 radical (unpaired) electrons. The van der Waals surface area contributed by atoms with Crippen LogP contribution in [-0.2, 0) is 0 Å². The highest BCUT2D eigenvalue weighted by Gasteiger charge is 2.39. The van der Waals surface area contributed by atoms with Crippen LogP contribution in [0.2, 0.25) is 0 Å². The summed E-state index contributed by atoms with van der Waals surface area (Å²) in [6, 6.07) is 8.73. The lowest BCUT2D eigenvalue weighted by Crippen LogP contribution is -2.19. The number of halogens is 1. The minimum Gasteiger partial charge on any atom is -0.436 e. The molecule has 2 bridgehead atoms. The van der Waals surface area contributed by atoms with Gasteiger partial charge in [0.05, 0.1) is 5.56 Å². The predicted octanol–water partition coefficient (Wildman–Crippen LogP) is 4.04. The van der Waals surface area contributed by atoms with Gasteiger partial charge in [0.1, 0.15) is 5.75 Å². The molecule has 1 amide bonds. The molecule has 5 nitrogen and oxygen atoms in total. The van der Waals surface area contributed by atoms with Gasteiger partial charge in [-0.15, -0.1) is 0 Å². The van der Waals surface area contributed by atoms with Gasteiger partial charge in [-0.3, -0.25) is 10.0 Å². The van der Waals surface area contributed by atoms with Crippen molar-refractivity contribution in [2.75, 3.05) is 0 Å². The zero-order valence-electron chi connectivity index (χ0n) is 13.6. The molecule has 0 spiro atoms. The average Bonchev–Trinajstić information content (AvgIpc) is 3.27. The Morgan fingerprint density at radius 1 is 1.24 bits per heavy atom. The molecule has 2 aliphatic rings. The quantitative estimate of drug-likeness (QED) is 0.650. The molecule has 1 aromatic carbocycles. The highest BCUT2D eigenvalue weighted by Crippen LogP contribution is 2.52. The molecule has 2 fully saturated rings. The van der Waals surface area contributed by atoms with Crippen molar-refractivity contribution < 1.29 is 19.1 Å². The first-order valence-corrected chi connectivity index (χ1v) is 8.52. The Morgan fingerprint density at radius 3 is 2.64 bits per heavy atom. The van der Waals surface area contributed by atoms with Crippen LogP contribution < -0.4 is 10.2 Å². The molecule has 2 aliphatic carbocycles. The number of pyridine rings is 1. The fourth-order valence-corrected chi connectivity index (χ4v) is 4.24. The van der Waals surface area contributed by atoms with Crippen molar-refractivity contribution >= 4 is 5.91 Å². The zero-order valence-corrected chi connectivity index (χ0v) is 13.6. The lowest BCUT2D eigenvalue weighted by Gasteiger charge is -2.22. The van der Waals surface area contributed by atoms with Crippen molar-refractivity contribution in [2.24, 2.45) is 11.8 Å². The minimum atomic E-state index is -0.826. The van der Waals surface area contributed by atoms with Gasteiger partial charge in [0.15, 0.2) is 5.82 Å². The summed E-state index contributed by atoms with van der Waals surface area (Å²) < 4.78 is 19.5. The third-order valence-electron chi connectivity index (χ3n) is 5.43. The summed E-state index contributed by atoms with van der Waals surface area (Å²) in [5.74, 6) is 1.03. The molecule has 3 atom stereocenters. The number of nitrogens with one attached hydrogen (secondary N) is 1. The second-order valence-corrected chi connectivity index (χ2v) is 6.90. The van der Waals surface area contributed by atoms with E-state index in [1.165, 1.54) is 36.7 Å². The number of nitrogens with zero attached hydrogens (tertiary/aromatic N) is 1. The second-order valence-electron chi connectivity index (χ2n) is 6.90. The van der Waals surface area contributed by atoms with Crippen molar-refractivity contribution in [3.05, 3.63) is 53.5 Å². The van der Waals surface area contributed by atoms with Gasteiger partial charge >= 0.3 is 0 Å². The molecule has 2 aromatic rings. The average molecular weight is 342 g/mol. The van der Waals surface area contributed by atoms with Crippen LogP contribution in [0.3, 0.4) is 0 Å². The maximum atomic E-state index is 14.0. The number of rotatable bonds is 4. The number of ether oxygens (including phenoxy) is 1. The van der Waals surface area contributed by atoms with Crippen molar-refractivity contribution in [1.29, 1.82) is 0 Å². The van der Waals surface area contributed by atoms with Gasteiger partial charge in [-0.1, -0.05) is 18.6 Å². The van der Waals surface area contributed by atoms with E-state index >= 15 is 0 Å². The van der Waals surface area contributed by atoms with Crippen LogP contribution in [0.15, 0.2) is 36.5 Å². The highest BCUT2D eigenvalue weighted by atomic mass is 19.1. The molecule has 130 valence electrons. The molecular formula is C19H19FN2O3. The van der Waals surface area contributed by atoms with Crippen LogP contribution in [-0.4, -0.2) is 16.1 Å². The number of carbonyl (C=O) groups is 1. The summed E-state index contributed by atoms with van der Waals surface area (Å²) in [4.78, 5) is 15.0. The van der Waals surface area contributed by atoms with E-state index in [-0.39, 0.29) is 11.4 Å². The van der Waals surface area contributed by atoms with Gasteiger partial charge < -0.3 is 4.74 Å². The maximum Gasteiger partial charge on any atom is 0.276 e. The summed E-state index contributed by atoms with van der Waals surface area (Å²) in [5, 5.41) is 8.56. The van der Waals surface area contributed by atoms with E-state index in [0.29, 0.717) is 11.7 Å². The number of benzene rings is 1. The van der Waals surface area contributed by atoms with Gasteiger partial charge in [-0.25, -0.2) is 14.9 Å². The van der Waals surface area contributed by atoms with E-state index in [9.17, 15) is 9.18 Å². The van der Waals surface area contributed by atoms with E-state index in [1.807, 2.05) is 24.3 Å². The molecular weight excluding hydrogens is 323 g/mol. The fraction of sp³-hybridized carbons (Fsp3) is 0.368. The van der Waals surface area contributed by atoms with Crippen molar-refractivity contribution in [3.8, 4) is 11.6 Å². The Labute approximate surface area is 144 Å². The number of aromatic nitrogens is 1. The van der Waals surface area contributed by atoms with Crippen molar-refractivity contribution in [2.45, 2.75) is 31.6 Å². The number of fused-ring (bicyclic) bond motifs is 2. The first kappa shape index (κ1) is 16.0. The molecule has 2 N–H and O–H groups in total. The highest BCUT2D eigenvalue weighted by molar-refractivity contribution is 5.93. The van der Waals surface area contributed by atoms with Gasteiger partial charge in [-0.2, -0.15) is 0 Å². The third-order valence-corrected chi connectivity index (χ3v) is 5.43. The standard InChI is InChI=1S/C19H19FN2O3/c20-17-9-14(18(23)22-24)10-21-19(17)25-15-5-3-12(4-6-15)16-8-11-1-2-13(16)7-11/h3-6,9-11,13,16,24H,1-2,7-8H2,(H,22,23)/t11-,13+,16?/m1/s1. The number of hydroxylamine groups is 1. The Morgan fingerprint density at radius 2 is 2.04 bits per heavy atom. The maximum absolute atomic E-state index is 14.0. The third kappa shape index (κ3) is 3.09. The first-order chi connectivity index (χ1) is 12.1. The fourth-order valence-electron chi connectivity index (χ4n) is 4.24.